The average molecular weight is 293 g/mol. The second-order valence-electron chi connectivity index (χ2n) is 3.83. The zero-order valence-corrected chi connectivity index (χ0v) is 10.5. The van der Waals surface area contributed by atoms with Crippen molar-refractivity contribution in [3.8, 4) is 0 Å². The smallest absolute Gasteiger partial charge is 0.416 e. The van der Waals surface area contributed by atoms with Crippen LogP contribution in [0.1, 0.15) is 5.56 Å². The molecule has 0 fully saturated rings. The van der Waals surface area contributed by atoms with Gasteiger partial charge in [-0.25, -0.2) is 27.0 Å². The predicted octanol–water partition coefficient (Wildman–Crippen LogP) is 0.602. The summed E-state index contributed by atoms with van der Waals surface area (Å²) in [5.74, 6) is -0.160. The van der Waals surface area contributed by atoms with Gasteiger partial charge in [-0.2, -0.15) is 4.98 Å². The molecule has 10 heteroatoms. The van der Waals surface area contributed by atoms with Gasteiger partial charge in [0, 0.05) is 12.5 Å². The molecular weight excluding hydrogens is 284 g/mol. The average Bonchev–Trinajstić information content (AvgIpc) is 2.30. The quantitative estimate of drug-likeness (QED) is 0.758. The molecule has 0 aromatic carbocycles. The van der Waals surface area contributed by atoms with Gasteiger partial charge in [0.1, 0.15) is 12.4 Å². The van der Waals surface area contributed by atoms with Crippen molar-refractivity contribution < 1.29 is 26.7 Å². The Bertz CT molecular complexity index is 620. The van der Waals surface area contributed by atoms with Crippen LogP contribution in [0.5, 0.6) is 0 Å². The first-order chi connectivity index (χ1) is 8.79. The molecular formula is C9H9F2N3O4S. The minimum atomic E-state index is -3.69. The number of nitrogens with zero attached hydrogens (tertiary/aromatic N) is 3. The Morgan fingerprint density at radius 3 is 2.79 bits per heavy atom. The van der Waals surface area contributed by atoms with E-state index in [1.54, 1.807) is 0 Å². The number of rotatable bonds is 3. The molecule has 0 aliphatic carbocycles. The summed E-state index contributed by atoms with van der Waals surface area (Å²) in [5, 5.41) is -0.528. The molecule has 1 aromatic heterocycles. The number of carbonyl (C=O) groups is 1. The summed E-state index contributed by atoms with van der Waals surface area (Å²) in [6.45, 7) is -1.11. The fourth-order valence-corrected chi connectivity index (χ4v) is 2.00. The van der Waals surface area contributed by atoms with Gasteiger partial charge in [0.05, 0.1) is 12.1 Å². The van der Waals surface area contributed by atoms with Crippen molar-refractivity contribution in [3.05, 3.63) is 11.8 Å². The Morgan fingerprint density at radius 1 is 1.53 bits per heavy atom. The summed E-state index contributed by atoms with van der Waals surface area (Å²) in [4.78, 5) is 19.3. The number of halogens is 2. The van der Waals surface area contributed by atoms with Crippen molar-refractivity contribution in [2.24, 2.45) is 0 Å². The molecule has 1 aromatic rings. The molecule has 0 saturated carbocycles. The molecule has 0 spiro atoms. The first-order valence-electron chi connectivity index (χ1n) is 5.07. The van der Waals surface area contributed by atoms with E-state index in [0.29, 0.717) is 4.90 Å². The van der Waals surface area contributed by atoms with Crippen molar-refractivity contribution in [2.45, 2.75) is 18.2 Å². The topological polar surface area (TPSA) is 89.5 Å². The van der Waals surface area contributed by atoms with E-state index in [4.69, 9.17) is 0 Å². The van der Waals surface area contributed by atoms with Gasteiger partial charge in [-0.15, -0.1) is 0 Å². The molecule has 1 aliphatic heterocycles. The van der Waals surface area contributed by atoms with E-state index in [9.17, 15) is 22.0 Å². The van der Waals surface area contributed by atoms with Gasteiger partial charge >= 0.3 is 6.09 Å². The molecule has 0 unspecified atom stereocenters. The zero-order valence-electron chi connectivity index (χ0n) is 9.71. The van der Waals surface area contributed by atoms with Gasteiger partial charge < -0.3 is 4.74 Å². The SMILES string of the molecule is CS(=O)(=O)c1ncc2c(n1)N(CC(F)F)C(=O)OC2. The van der Waals surface area contributed by atoms with E-state index in [1.807, 2.05) is 0 Å². The first-order valence-corrected chi connectivity index (χ1v) is 6.96. The summed E-state index contributed by atoms with van der Waals surface area (Å²) in [5.41, 5.74) is 0.271. The molecule has 104 valence electrons. The van der Waals surface area contributed by atoms with Crippen LogP contribution in [0.2, 0.25) is 0 Å². The molecule has 1 aliphatic rings. The Labute approximate surface area is 107 Å². The van der Waals surface area contributed by atoms with E-state index in [2.05, 4.69) is 14.7 Å². The number of ether oxygens (including phenoxy) is 1. The van der Waals surface area contributed by atoms with Gasteiger partial charge in [0.15, 0.2) is 0 Å². The maximum Gasteiger partial charge on any atom is 0.416 e. The van der Waals surface area contributed by atoms with Gasteiger partial charge in [-0.3, -0.25) is 4.90 Å². The van der Waals surface area contributed by atoms with E-state index in [1.165, 1.54) is 0 Å². The third-order valence-electron chi connectivity index (χ3n) is 2.30. The predicted molar refractivity (Wildman–Crippen MR) is 58.7 cm³/mol. The molecule has 19 heavy (non-hydrogen) atoms. The third kappa shape index (κ3) is 2.78. The Kier molecular flexibility index (Phi) is 3.35. The van der Waals surface area contributed by atoms with Crippen LogP contribution >= 0.6 is 0 Å². The summed E-state index contributed by atoms with van der Waals surface area (Å²) in [6, 6.07) is 0. The van der Waals surface area contributed by atoms with Gasteiger partial charge in [0.25, 0.3) is 6.43 Å². The van der Waals surface area contributed by atoms with E-state index >= 15 is 0 Å². The fraction of sp³-hybridized carbons (Fsp3) is 0.444. The Hall–Kier alpha value is -1.84. The van der Waals surface area contributed by atoms with Crippen molar-refractivity contribution >= 4 is 21.7 Å². The van der Waals surface area contributed by atoms with Crippen molar-refractivity contribution in [1.29, 1.82) is 0 Å². The molecule has 0 radical (unpaired) electrons. The van der Waals surface area contributed by atoms with Crippen molar-refractivity contribution in [3.63, 3.8) is 0 Å². The Balaban J connectivity index is 2.50. The molecule has 2 rings (SSSR count). The summed E-state index contributed by atoms with van der Waals surface area (Å²) < 4.78 is 52.1. The molecule has 2 heterocycles. The van der Waals surface area contributed by atoms with E-state index < -0.39 is 34.1 Å². The standard InChI is InChI=1S/C9H9F2N3O4S/c1-19(16,17)8-12-2-5-4-18-9(15)14(3-6(10)11)7(5)13-8/h2,6H,3-4H2,1H3. The highest BCUT2D eigenvalue weighted by atomic mass is 32.2. The number of anilines is 1. The van der Waals surface area contributed by atoms with Crippen LogP contribution in [-0.4, -0.2) is 43.7 Å². The van der Waals surface area contributed by atoms with Crippen LogP contribution in [0.25, 0.3) is 0 Å². The fourth-order valence-electron chi connectivity index (χ4n) is 1.50. The monoisotopic (exact) mass is 293 g/mol. The summed E-state index contributed by atoms with van der Waals surface area (Å²) in [7, 11) is -3.69. The lowest BCUT2D eigenvalue weighted by Gasteiger charge is -2.27. The highest BCUT2D eigenvalue weighted by molar-refractivity contribution is 7.90. The maximum absolute atomic E-state index is 12.4. The molecule has 0 N–H and O–H groups in total. The minimum Gasteiger partial charge on any atom is -0.444 e. The van der Waals surface area contributed by atoms with Crippen LogP contribution in [0.4, 0.5) is 19.4 Å². The number of aromatic nitrogens is 2. The highest BCUT2D eigenvalue weighted by Gasteiger charge is 2.31. The van der Waals surface area contributed by atoms with Gasteiger partial charge in [-0.1, -0.05) is 0 Å². The second-order valence-corrected chi connectivity index (χ2v) is 5.74. The molecule has 0 atom stereocenters. The molecule has 0 saturated heterocycles. The second kappa shape index (κ2) is 4.68. The van der Waals surface area contributed by atoms with Gasteiger partial charge in [-0.05, 0) is 0 Å². The lowest BCUT2D eigenvalue weighted by Crippen LogP contribution is -2.40. The van der Waals surface area contributed by atoms with E-state index in [-0.39, 0.29) is 18.0 Å². The lowest BCUT2D eigenvalue weighted by atomic mass is 10.3. The number of sulfone groups is 1. The summed E-state index contributed by atoms with van der Waals surface area (Å²) in [6.07, 6.45) is -1.77. The van der Waals surface area contributed by atoms with Crippen LogP contribution in [-0.2, 0) is 21.2 Å². The largest absolute Gasteiger partial charge is 0.444 e. The van der Waals surface area contributed by atoms with Crippen molar-refractivity contribution in [1.82, 2.24) is 9.97 Å². The third-order valence-corrected chi connectivity index (χ3v) is 3.16. The van der Waals surface area contributed by atoms with Crippen LogP contribution in [0.15, 0.2) is 11.4 Å². The van der Waals surface area contributed by atoms with E-state index in [0.717, 1.165) is 12.5 Å². The normalized spacial score (nSPS) is 15.4. The number of carbonyl (C=O) groups excluding carboxylic acids is 1. The number of amides is 1. The number of hydrogen-bond acceptors (Lipinski definition) is 6. The van der Waals surface area contributed by atoms with Gasteiger partial charge in [0.2, 0.25) is 15.0 Å². The number of fused-ring (bicyclic) bond motifs is 1. The highest BCUT2D eigenvalue weighted by Crippen LogP contribution is 2.25. The molecule has 1 amide bonds. The minimum absolute atomic E-state index is 0.160. The Morgan fingerprint density at radius 2 is 2.21 bits per heavy atom. The maximum atomic E-state index is 12.4. The van der Waals surface area contributed by atoms with Crippen LogP contribution in [0.3, 0.4) is 0 Å². The zero-order chi connectivity index (χ0) is 14.2. The van der Waals surface area contributed by atoms with Crippen LogP contribution < -0.4 is 4.90 Å². The number of alkyl halides is 2. The van der Waals surface area contributed by atoms with Crippen LogP contribution in [0, 0.1) is 0 Å². The number of hydrogen-bond donors (Lipinski definition) is 0. The summed E-state index contributed by atoms with van der Waals surface area (Å²) >= 11 is 0. The molecule has 7 nitrogen and oxygen atoms in total. The molecule has 0 bridgehead atoms. The van der Waals surface area contributed by atoms with Crippen molar-refractivity contribution in [2.75, 3.05) is 17.7 Å². The number of cyclic esters (lactones) is 1. The first kappa shape index (κ1) is 13.6. The lowest BCUT2D eigenvalue weighted by molar-refractivity contribution is 0.121.